The van der Waals surface area contributed by atoms with Crippen LogP contribution in [0.1, 0.15) is 52.0 Å². The minimum atomic E-state index is -1.61. The van der Waals surface area contributed by atoms with Gasteiger partial charge in [-0.25, -0.2) is 0 Å². The summed E-state index contributed by atoms with van der Waals surface area (Å²) in [5, 5.41) is 13.1. The number of rotatable bonds is 6. The Labute approximate surface area is 176 Å². The van der Waals surface area contributed by atoms with E-state index in [0.717, 1.165) is 19.3 Å². The van der Waals surface area contributed by atoms with Gasteiger partial charge in [0.1, 0.15) is 0 Å². The maximum Gasteiger partial charge on any atom is 0.0773 e. The van der Waals surface area contributed by atoms with E-state index in [9.17, 15) is 5.11 Å². The van der Waals surface area contributed by atoms with Crippen LogP contribution >= 0.6 is 0 Å². The molecule has 0 aromatic heterocycles. The van der Waals surface area contributed by atoms with Crippen LogP contribution in [0.4, 0.5) is 0 Å². The monoisotopic (exact) mass is 414 g/mol. The van der Waals surface area contributed by atoms with Gasteiger partial charge in [0.15, 0.2) is 0 Å². The summed E-state index contributed by atoms with van der Waals surface area (Å²) in [5.41, 5.74) is 7.09. The summed E-state index contributed by atoms with van der Waals surface area (Å²) in [6, 6.07) is 10.6. The van der Waals surface area contributed by atoms with E-state index < -0.39 is 16.1 Å². The lowest BCUT2D eigenvalue weighted by molar-refractivity contribution is 0.206. The van der Waals surface area contributed by atoms with E-state index in [1.807, 2.05) is 0 Å². The Morgan fingerprint density at radius 1 is 1.04 bits per heavy atom. The molecule has 1 N–H and O–H groups in total. The first-order chi connectivity index (χ1) is 12.8. The van der Waals surface area contributed by atoms with E-state index in [-0.39, 0.29) is 6.10 Å². The first-order valence-corrected chi connectivity index (χ1v) is 17.6. The molecule has 0 bridgehead atoms. The maximum absolute atomic E-state index is 11.3. The molecule has 2 rings (SSSR count). The van der Waals surface area contributed by atoms with Crippen LogP contribution in [0, 0.1) is 0 Å². The summed E-state index contributed by atoms with van der Waals surface area (Å²) in [4.78, 5) is 0. The van der Waals surface area contributed by atoms with Gasteiger partial charge in [-0.1, -0.05) is 100 Å². The fourth-order valence-electron chi connectivity index (χ4n) is 4.13. The van der Waals surface area contributed by atoms with Crippen LogP contribution in [0.2, 0.25) is 37.8 Å². The zero-order valence-electron chi connectivity index (χ0n) is 19.5. The lowest BCUT2D eigenvalue weighted by Gasteiger charge is -2.35. The predicted molar refractivity (Wildman–Crippen MR) is 130 cm³/mol. The van der Waals surface area contributed by atoms with Gasteiger partial charge in [-0.15, -0.1) is 0 Å². The third-order valence-electron chi connectivity index (χ3n) is 6.74. The Balaban J connectivity index is 2.37. The largest absolute Gasteiger partial charge is 0.389 e. The van der Waals surface area contributed by atoms with Gasteiger partial charge in [-0.2, -0.15) is 0 Å². The zero-order chi connectivity index (χ0) is 21.2. The van der Waals surface area contributed by atoms with Crippen LogP contribution < -0.4 is 0 Å². The number of aryl methyl sites for hydroxylation is 1. The molecule has 1 unspecified atom stereocenters. The molecule has 1 aromatic rings. The average molecular weight is 415 g/mol. The predicted octanol–water partition coefficient (Wildman–Crippen LogP) is 7.31. The molecule has 1 nitrogen and oxygen atoms in total. The quantitative estimate of drug-likeness (QED) is 0.484. The first-order valence-electron chi connectivity index (χ1n) is 11.0. The van der Waals surface area contributed by atoms with E-state index in [1.54, 1.807) is 5.57 Å². The van der Waals surface area contributed by atoms with Crippen molar-refractivity contribution in [1.82, 2.24) is 0 Å². The number of benzene rings is 1. The highest BCUT2D eigenvalue weighted by Crippen LogP contribution is 2.43. The number of aliphatic hydroxyl groups is 1. The van der Waals surface area contributed by atoms with Crippen molar-refractivity contribution in [1.29, 1.82) is 0 Å². The minimum absolute atomic E-state index is 0.303. The van der Waals surface area contributed by atoms with Crippen LogP contribution in [0.25, 0.3) is 0 Å². The van der Waals surface area contributed by atoms with E-state index in [4.69, 9.17) is 0 Å². The topological polar surface area (TPSA) is 20.2 Å². The lowest BCUT2D eigenvalue weighted by Crippen LogP contribution is -2.36. The molecule has 0 heterocycles. The summed E-state index contributed by atoms with van der Waals surface area (Å²) in [7, 11) is -3.10. The van der Waals surface area contributed by atoms with Gasteiger partial charge < -0.3 is 5.11 Å². The average Bonchev–Trinajstić information content (AvgIpc) is 2.98. The molecule has 28 heavy (non-hydrogen) atoms. The maximum atomic E-state index is 11.3. The zero-order valence-corrected chi connectivity index (χ0v) is 21.5. The van der Waals surface area contributed by atoms with E-state index in [1.165, 1.54) is 29.2 Å². The lowest BCUT2D eigenvalue weighted by atomic mass is 10.0. The fourth-order valence-corrected chi connectivity index (χ4v) is 8.09. The van der Waals surface area contributed by atoms with Crippen molar-refractivity contribution in [2.24, 2.45) is 0 Å². The van der Waals surface area contributed by atoms with Gasteiger partial charge in [0.2, 0.25) is 0 Å². The summed E-state index contributed by atoms with van der Waals surface area (Å²) in [5.74, 6) is 0. The second-order valence-electron chi connectivity index (χ2n) is 11.2. The Bertz CT molecular complexity index is 715. The summed E-state index contributed by atoms with van der Waals surface area (Å²) in [6.07, 6.45) is 5.08. The Morgan fingerprint density at radius 2 is 1.64 bits per heavy atom. The Hall–Kier alpha value is -0.906. The number of aliphatic hydroxyl groups excluding tert-OH is 1. The molecule has 0 spiro atoms. The van der Waals surface area contributed by atoms with Crippen LogP contribution in [0.5, 0.6) is 0 Å². The van der Waals surface area contributed by atoms with Crippen LogP contribution in [0.15, 0.2) is 52.4 Å². The van der Waals surface area contributed by atoms with Crippen molar-refractivity contribution in [3.05, 3.63) is 57.9 Å². The van der Waals surface area contributed by atoms with Crippen molar-refractivity contribution in [2.75, 3.05) is 0 Å². The molecular formula is C25H42OSi2. The number of allylic oxidation sites excluding steroid dienone is 2. The minimum Gasteiger partial charge on any atom is -0.389 e. The summed E-state index contributed by atoms with van der Waals surface area (Å²) >= 11 is 0. The number of hydrogen-bond acceptors (Lipinski definition) is 1. The van der Waals surface area contributed by atoms with Crippen molar-refractivity contribution >= 4 is 16.1 Å². The molecule has 1 atom stereocenters. The Kier molecular flexibility index (Phi) is 7.39. The van der Waals surface area contributed by atoms with Gasteiger partial charge in [0.25, 0.3) is 0 Å². The molecule has 1 aromatic carbocycles. The molecule has 0 radical (unpaired) electrons. The van der Waals surface area contributed by atoms with Gasteiger partial charge >= 0.3 is 0 Å². The SMILES string of the molecule is CC(C)(C)[Si](C)(C)/C=C1\CCC\C1=C(/C(O)CCc1ccccc1)[Si](C)(C)C. The molecule has 156 valence electrons. The summed E-state index contributed by atoms with van der Waals surface area (Å²) < 4.78 is 0. The van der Waals surface area contributed by atoms with Gasteiger partial charge in [-0.05, 0) is 48.3 Å². The smallest absolute Gasteiger partial charge is 0.0773 e. The van der Waals surface area contributed by atoms with E-state index >= 15 is 0 Å². The van der Waals surface area contributed by atoms with Crippen LogP contribution in [0.3, 0.4) is 0 Å². The second kappa shape index (κ2) is 8.85. The molecular weight excluding hydrogens is 372 g/mol. The molecule has 1 aliphatic rings. The highest BCUT2D eigenvalue weighted by atomic mass is 28.3. The van der Waals surface area contributed by atoms with Crippen molar-refractivity contribution in [3.63, 3.8) is 0 Å². The third kappa shape index (κ3) is 5.81. The van der Waals surface area contributed by atoms with E-state index in [0.29, 0.717) is 5.04 Å². The molecule has 1 fully saturated rings. The van der Waals surface area contributed by atoms with Crippen LogP contribution in [-0.2, 0) is 6.42 Å². The normalized spacial score (nSPS) is 20.5. The molecule has 0 amide bonds. The molecule has 0 aliphatic heterocycles. The molecule has 1 saturated carbocycles. The highest BCUT2D eigenvalue weighted by molar-refractivity contribution is 6.85. The van der Waals surface area contributed by atoms with Gasteiger partial charge in [0, 0.05) is 0 Å². The summed E-state index contributed by atoms with van der Waals surface area (Å²) in [6.45, 7) is 19.4. The second-order valence-corrected chi connectivity index (χ2v) is 21.4. The standard InChI is InChI=1S/C25H42OSi2/c1-25(2,3)28(7,8)19-21-15-12-16-22(21)24(27(4,5)6)23(26)18-17-20-13-10-9-11-14-20/h9-11,13-14,19,23,26H,12,15-18H2,1-8H3/b21-19+,24-22-. The fraction of sp³-hybridized carbons (Fsp3) is 0.600. The van der Waals surface area contributed by atoms with Crippen molar-refractivity contribution in [3.8, 4) is 0 Å². The molecule has 1 aliphatic carbocycles. The first kappa shape index (κ1) is 23.4. The Morgan fingerprint density at radius 3 is 2.18 bits per heavy atom. The van der Waals surface area contributed by atoms with Gasteiger partial charge in [-0.3, -0.25) is 0 Å². The molecule has 3 heteroatoms. The van der Waals surface area contributed by atoms with Crippen molar-refractivity contribution in [2.45, 2.75) is 96.8 Å². The molecule has 0 saturated heterocycles. The van der Waals surface area contributed by atoms with Crippen LogP contribution in [-0.4, -0.2) is 27.4 Å². The van der Waals surface area contributed by atoms with Crippen molar-refractivity contribution < 1.29 is 5.11 Å². The van der Waals surface area contributed by atoms with Gasteiger partial charge in [0.05, 0.1) is 22.3 Å². The number of hydrogen-bond donors (Lipinski definition) is 1. The highest BCUT2D eigenvalue weighted by Gasteiger charge is 2.36. The third-order valence-corrected chi connectivity index (χ3v) is 13.9. The van der Waals surface area contributed by atoms with E-state index in [2.05, 4.69) is 89.5 Å².